The Kier molecular flexibility index (Phi) is 13.1. The van der Waals surface area contributed by atoms with Crippen molar-refractivity contribution in [2.24, 2.45) is 0 Å². The molecule has 0 aromatic carbocycles. The van der Waals surface area contributed by atoms with Crippen LogP contribution in [0.4, 0.5) is 0 Å². The van der Waals surface area contributed by atoms with Crippen LogP contribution in [0.15, 0.2) is 24.8 Å². The molecule has 0 saturated carbocycles. The lowest BCUT2D eigenvalue weighted by molar-refractivity contribution is 0.357. The molecule has 0 unspecified atom stereocenters. The van der Waals surface area contributed by atoms with E-state index in [0.29, 0.717) is 0 Å². The van der Waals surface area contributed by atoms with Gasteiger partial charge in [-0.05, 0) is 25.6 Å². The Labute approximate surface area is 84.1 Å². The van der Waals surface area contributed by atoms with Crippen molar-refractivity contribution in [3.63, 3.8) is 0 Å². The van der Waals surface area contributed by atoms with Crippen molar-refractivity contribution in [2.75, 3.05) is 20.1 Å². The Bertz CT molecular complexity index is 127. The number of nitrogens with zero attached hydrogens (tertiary/aromatic N) is 1. The summed E-state index contributed by atoms with van der Waals surface area (Å²) in [5.74, 6) is 0. The Morgan fingerprint density at radius 3 is 2.31 bits per heavy atom. The van der Waals surface area contributed by atoms with Gasteiger partial charge in [0.15, 0.2) is 0 Å². The van der Waals surface area contributed by atoms with Crippen molar-refractivity contribution >= 4 is 0 Å². The minimum Gasteiger partial charge on any atom is -0.302 e. The minimum absolute atomic E-state index is 0.948. The maximum atomic E-state index is 3.86. The zero-order valence-corrected chi connectivity index (χ0v) is 9.77. The molecule has 78 valence electrons. The van der Waals surface area contributed by atoms with Crippen LogP contribution in [0.1, 0.15) is 33.6 Å². The Balaban J connectivity index is 0. The highest BCUT2D eigenvalue weighted by molar-refractivity contribution is 5.12. The lowest BCUT2D eigenvalue weighted by Crippen LogP contribution is -2.21. The molecule has 0 aliphatic carbocycles. The summed E-state index contributed by atoms with van der Waals surface area (Å²) < 4.78 is 0. The zero-order valence-electron chi connectivity index (χ0n) is 9.77. The highest BCUT2D eigenvalue weighted by atomic mass is 15.1. The van der Waals surface area contributed by atoms with Gasteiger partial charge in [-0.3, -0.25) is 0 Å². The lowest BCUT2D eigenvalue weighted by atomic mass is 10.2. The van der Waals surface area contributed by atoms with Gasteiger partial charge in [0.25, 0.3) is 0 Å². The number of hydrogen-bond donors (Lipinski definition) is 0. The molecule has 0 saturated heterocycles. The third-order valence-corrected chi connectivity index (χ3v) is 1.66. The fourth-order valence-corrected chi connectivity index (χ4v) is 0.918. The molecule has 0 N–H and O–H groups in total. The molecule has 0 aliphatic rings. The van der Waals surface area contributed by atoms with Crippen molar-refractivity contribution in [2.45, 2.75) is 33.6 Å². The summed E-state index contributed by atoms with van der Waals surface area (Å²) >= 11 is 0. The molecule has 1 heteroatoms. The molecule has 0 atom stereocenters. The van der Waals surface area contributed by atoms with Crippen molar-refractivity contribution in [1.29, 1.82) is 0 Å². The lowest BCUT2D eigenvalue weighted by Gasteiger charge is -2.15. The Morgan fingerprint density at radius 1 is 1.38 bits per heavy atom. The SMILES string of the molecule is C=CC(=C)CN(C)CCCC.CC. The molecular formula is C12H25N. The van der Waals surface area contributed by atoms with Gasteiger partial charge in [-0.25, -0.2) is 0 Å². The van der Waals surface area contributed by atoms with Gasteiger partial charge in [-0.1, -0.05) is 46.4 Å². The van der Waals surface area contributed by atoms with Crippen molar-refractivity contribution in [3.05, 3.63) is 24.8 Å². The normalized spacial score (nSPS) is 9.00. The topological polar surface area (TPSA) is 3.24 Å². The van der Waals surface area contributed by atoms with E-state index in [1.807, 2.05) is 19.9 Å². The van der Waals surface area contributed by atoms with Crippen LogP contribution >= 0.6 is 0 Å². The summed E-state index contributed by atoms with van der Waals surface area (Å²) in [6.45, 7) is 15.8. The van der Waals surface area contributed by atoms with Gasteiger partial charge >= 0.3 is 0 Å². The van der Waals surface area contributed by atoms with Crippen LogP contribution in [0, 0.1) is 0 Å². The largest absolute Gasteiger partial charge is 0.302 e. The van der Waals surface area contributed by atoms with Crippen LogP contribution in [-0.2, 0) is 0 Å². The van der Waals surface area contributed by atoms with E-state index >= 15 is 0 Å². The van der Waals surface area contributed by atoms with Gasteiger partial charge in [0.2, 0.25) is 0 Å². The van der Waals surface area contributed by atoms with Crippen LogP contribution in [0.5, 0.6) is 0 Å². The van der Waals surface area contributed by atoms with Gasteiger partial charge in [-0.2, -0.15) is 0 Å². The molecule has 0 aromatic heterocycles. The average molecular weight is 183 g/mol. The second-order valence-corrected chi connectivity index (χ2v) is 2.95. The van der Waals surface area contributed by atoms with Crippen LogP contribution in [-0.4, -0.2) is 25.0 Å². The molecule has 13 heavy (non-hydrogen) atoms. The van der Waals surface area contributed by atoms with E-state index in [1.165, 1.54) is 12.8 Å². The fraction of sp³-hybridized carbons (Fsp3) is 0.667. The maximum Gasteiger partial charge on any atom is 0.0224 e. The zero-order chi connectivity index (χ0) is 10.7. The molecule has 0 spiro atoms. The van der Waals surface area contributed by atoms with Gasteiger partial charge < -0.3 is 4.90 Å². The quantitative estimate of drug-likeness (QED) is 0.570. The standard InChI is InChI=1S/C10H19N.C2H6/c1-5-7-8-11(4)9-10(3)6-2;1-2/h6H,2-3,5,7-9H2,1,4H3;1-2H3. The Hall–Kier alpha value is -0.560. The molecule has 0 aliphatic heterocycles. The summed E-state index contributed by atoms with van der Waals surface area (Å²) in [7, 11) is 2.12. The molecule has 0 rings (SSSR count). The third kappa shape index (κ3) is 11.4. The first-order valence-electron chi connectivity index (χ1n) is 5.19. The van der Waals surface area contributed by atoms with Gasteiger partial charge in [0.05, 0.1) is 0 Å². The summed E-state index contributed by atoms with van der Waals surface area (Å²) in [6.07, 6.45) is 4.34. The monoisotopic (exact) mass is 183 g/mol. The maximum absolute atomic E-state index is 3.86. The van der Waals surface area contributed by atoms with E-state index in [2.05, 4.69) is 32.0 Å². The predicted molar refractivity (Wildman–Crippen MR) is 63.1 cm³/mol. The van der Waals surface area contributed by atoms with E-state index < -0.39 is 0 Å². The first-order chi connectivity index (χ1) is 6.20. The smallest absolute Gasteiger partial charge is 0.0224 e. The van der Waals surface area contributed by atoms with E-state index in [9.17, 15) is 0 Å². The van der Waals surface area contributed by atoms with Crippen LogP contribution < -0.4 is 0 Å². The average Bonchev–Trinajstić information content (AvgIpc) is 2.17. The molecule has 0 bridgehead atoms. The second-order valence-electron chi connectivity index (χ2n) is 2.95. The first kappa shape index (κ1) is 14.9. The number of unbranched alkanes of at least 4 members (excludes halogenated alkanes) is 1. The van der Waals surface area contributed by atoms with Crippen molar-refractivity contribution in [3.8, 4) is 0 Å². The summed E-state index contributed by atoms with van der Waals surface area (Å²) in [5.41, 5.74) is 1.10. The highest BCUT2D eigenvalue weighted by Gasteiger charge is 1.96. The molecule has 0 amide bonds. The number of likely N-dealkylation sites (N-methyl/N-ethyl adjacent to an activating group) is 1. The van der Waals surface area contributed by atoms with Crippen LogP contribution in [0.2, 0.25) is 0 Å². The minimum atomic E-state index is 0.948. The molecule has 0 fully saturated rings. The second kappa shape index (κ2) is 11.4. The molecular weight excluding hydrogens is 158 g/mol. The highest BCUT2D eigenvalue weighted by Crippen LogP contribution is 1.97. The fourth-order valence-electron chi connectivity index (χ4n) is 0.918. The molecule has 0 radical (unpaired) electrons. The molecule has 1 nitrogen and oxygen atoms in total. The van der Waals surface area contributed by atoms with Crippen LogP contribution in [0.25, 0.3) is 0 Å². The van der Waals surface area contributed by atoms with E-state index in [0.717, 1.165) is 18.7 Å². The van der Waals surface area contributed by atoms with Crippen molar-refractivity contribution in [1.82, 2.24) is 4.90 Å². The van der Waals surface area contributed by atoms with Crippen molar-refractivity contribution < 1.29 is 0 Å². The first-order valence-corrected chi connectivity index (χ1v) is 5.19. The van der Waals surface area contributed by atoms with Gasteiger partial charge in [0, 0.05) is 6.54 Å². The Morgan fingerprint density at radius 2 is 1.92 bits per heavy atom. The number of hydrogen-bond acceptors (Lipinski definition) is 1. The summed E-state index contributed by atoms with van der Waals surface area (Å²) in [4.78, 5) is 2.27. The predicted octanol–water partition coefficient (Wildman–Crippen LogP) is 3.49. The van der Waals surface area contributed by atoms with E-state index in [-0.39, 0.29) is 0 Å². The summed E-state index contributed by atoms with van der Waals surface area (Å²) in [6, 6.07) is 0. The summed E-state index contributed by atoms with van der Waals surface area (Å²) in [5, 5.41) is 0. The van der Waals surface area contributed by atoms with Gasteiger partial charge in [-0.15, -0.1) is 0 Å². The molecule has 0 aromatic rings. The van der Waals surface area contributed by atoms with E-state index in [4.69, 9.17) is 0 Å². The third-order valence-electron chi connectivity index (χ3n) is 1.66. The van der Waals surface area contributed by atoms with Gasteiger partial charge in [0.1, 0.15) is 0 Å². The number of rotatable bonds is 6. The van der Waals surface area contributed by atoms with E-state index in [1.54, 1.807) is 0 Å². The molecule has 0 heterocycles. The van der Waals surface area contributed by atoms with Crippen LogP contribution in [0.3, 0.4) is 0 Å².